The van der Waals surface area contributed by atoms with Crippen molar-refractivity contribution < 1.29 is 27.2 Å². The van der Waals surface area contributed by atoms with E-state index < -0.39 is 27.7 Å². The Morgan fingerprint density at radius 2 is 1.55 bits per heavy atom. The molecule has 0 bridgehead atoms. The van der Waals surface area contributed by atoms with Gasteiger partial charge in [0.05, 0.1) is 17.0 Å². The van der Waals surface area contributed by atoms with Crippen LogP contribution in [0.3, 0.4) is 0 Å². The van der Waals surface area contributed by atoms with E-state index in [1.54, 1.807) is 6.07 Å². The fraction of sp³-hybridized carbons (Fsp3) is 0.318. The highest BCUT2D eigenvalue weighted by Gasteiger charge is 2.29. The van der Waals surface area contributed by atoms with E-state index in [2.05, 4.69) is 5.32 Å². The molecule has 1 aliphatic heterocycles. The van der Waals surface area contributed by atoms with Crippen LogP contribution in [0.2, 0.25) is 0 Å². The SMILES string of the molecule is CC(=O)Nc1ccc(S(=O)(=O)N(C)CC(=O)N2CCN(C(=O)c3ccccc3F)CC2)cc1. The minimum absolute atomic E-state index is 0.00722. The molecule has 11 heteroatoms. The Hall–Kier alpha value is -3.31. The predicted molar refractivity (Wildman–Crippen MR) is 119 cm³/mol. The van der Waals surface area contributed by atoms with Gasteiger partial charge in [-0.3, -0.25) is 14.4 Å². The number of hydrogen-bond donors (Lipinski definition) is 1. The minimum atomic E-state index is -3.92. The summed E-state index contributed by atoms with van der Waals surface area (Å²) in [6.45, 7) is 1.87. The Labute approximate surface area is 191 Å². The molecule has 0 radical (unpaired) electrons. The molecule has 0 unspecified atom stereocenters. The zero-order valence-electron chi connectivity index (χ0n) is 18.3. The Balaban J connectivity index is 1.57. The van der Waals surface area contributed by atoms with Gasteiger partial charge in [-0.2, -0.15) is 4.31 Å². The van der Waals surface area contributed by atoms with Gasteiger partial charge in [-0.15, -0.1) is 0 Å². The fourth-order valence-electron chi connectivity index (χ4n) is 3.43. The molecule has 176 valence electrons. The molecule has 0 aliphatic carbocycles. The van der Waals surface area contributed by atoms with Crippen molar-refractivity contribution in [2.75, 3.05) is 45.1 Å². The first kappa shape index (κ1) is 24.3. The molecule has 1 fully saturated rings. The number of benzene rings is 2. The highest BCUT2D eigenvalue weighted by molar-refractivity contribution is 7.89. The van der Waals surface area contributed by atoms with E-state index in [-0.39, 0.29) is 49.1 Å². The first-order chi connectivity index (χ1) is 15.6. The lowest BCUT2D eigenvalue weighted by atomic mass is 10.1. The number of nitrogens with one attached hydrogen (secondary N) is 1. The second-order valence-electron chi connectivity index (χ2n) is 7.62. The average Bonchev–Trinajstić information content (AvgIpc) is 2.79. The van der Waals surface area contributed by atoms with Crippen molar-refractivity contribution in [2.45, 2.75) is 11.8 Å². The standard InChI is InChI=1S/C22H25FN4O5S/c1-16(28)24-17-7-9-18(10-8-17)33(31,32)25(2)15-21(29)26-11-13-27(14-12-26)22(30)19-5-3-4-6-20(19)23/h3-10H,11-15H2,1-2H3,(H,24,28). The smallest absolute Gasteiger partial charge is 0.256 e. The molecular formula is C22H25FN4O5S. The van der Waals surface area contributed by atoms with Crippen molar-refractivity contribution in [2.24, 2.45) is 0 Å². The molecule has 2 aromatic rings. The summed E-state index contributed by atoms with van der Waals surface area (Å²) in [4.78, 5) is 39.2. The lowest BCUT2D eigenvalue weighted by Gasteiger charge is -2.35. The van der Waals surface area contributed by atoms with Crippen LogP contribution in [-0.2, 0) is 19.6 Å². The number of rotatable bonds is 6. The molecular weight excluding hydrogens is 451 g/mol. The van der Waals surface area contributed by atoms with Gasteiger partial charge in [0.15, 0.2) is 0 Å². The molecule has 0 saturated carbocycles. The van der Waals surface area contributed by atoms with E-state index in [1.807, 2.05) is 0 Å². The number of anilines is 1. The Morgan fingerprint density at radius 3 is 2.12 bits per heavy atom. The second kappa shape index (κ2) is 10.1. The molecule has 1 heterocycles. The molecule has 1 saturated heterocycles. The van der Waals surface area contributed by atoms with Gasteiger partial charge < -0.3 is 15.1 Å². The number of amides is 3. The van der Waals surface area contributed by atoms with Crippen LogP contribution in [0.5, 0.6) is 0 Å². The summed E-state index contributed by atoms with van der Waals surface area (Å²) in [5.74, 6) is -1.71. The fourth-order valence-corrected chi connectivity index (χ4v) is 4.55. The number of carbonyl (C=O) groups excluding carboxylic acids is 3. The predicted octanol–water partition coefficient (Wildman–Crippen LogP) is 1.39. The molecule has 9 nitrogen and oxygen atoms in total. The van der Waals surface area contributed by atoms with Gasteiger partial charge in [-0.05, 0) is 36.4 Å². The molecule has 2 aromatic carbocycles. The van der Waals surface area contributed by atoms with E-state index in [4.69, 9.17) is 0 Å². The molecule has 0 atom stereocenters. The van der Waals surface area contributed by atoms with E-state index in [0.717, 1.165) is 4.31 Å². The number of nitrogens with zero attached hydrogens (tertiary/aromatic N) is 3. The highest BCUT2D eigenvalue weighted by atomic mass is 32.2. The number of hydrogen-bond acceptors (Lipinski definition) is 5. The monoisotopic (exact) mass is 476 g/mol. The maximum atomic E-state index is 13.9. The summed E-state index contributed by atoms with van der Waals surface area (Å²) in [5, 5.41) is 2.56. The van der Waals surface area contributed by atoms with Crippen LogP contribution >= 0.6 is 0 Å². The lowest BCUT2D eigenvalue weighted by molar-refractivity contribution is -0.132. The zero-order valence-corrected chi connectivity index (χ0v) is 19.1. The quantitative estimate of drug-likeness (QED) is 0.678. The van der Waals surface area contributed by atoms with Gasteiger partial charge in [0, 0.05) is 45.8 Å². The topological polar surface area (TPSA) is 107 Å². The minimum Gasteiger partial charge on any atom is -0.338 e. The molecule has 3 amide bonds. The van der Waals surface area contributed by atoms with Crippen LogP contribution in [0.25, 0.3) is 0 Å². The van der Waals surface area contributed by atoms with Crippen LogP contribution < -0.4 is 5.32 Å². The third-order valence-electron chi connectivity index (χ3n) is 5.26. The van der Waals surface area contributed by atoms with Crippen molar-refractivity contribution >= 4 is 33.4 Å². The first-order valence-corrected chi connectivity index (χ1v) is 11.7. The van der Waals surface area contributed by atoms with Crippen LogP contribution in [0.4, 0.5) is 10.1 Å². The van der Waals surface area contributed by atoms with Crippen LogP contribution in [0, 0.1) is 5.82 Å². The summed E-state index contributed by atoms with van der Waals surface area (Å²) in [5.41, 5.74) is 0.440. The summed E-state index contributed by atoms with van der Waals surface area (Å²) < 4.78 is 40.4. The number of carbonyl (C=O) groups is 3. The third-order valence-corrected chi connectivity index (χ3v) is 7.08. The molecule has 1 N–H and O–H groups in total. The van der Waals surface area contributed by atoms with Crippen molar-refractivity contribution in [3.8, 4) is 0 Å². The van der Waals surface area contributed by atoms with Crippen molar-refractivity contribution in [1.82, 2.24) is 14.1 Å². The zero-order chi connectivity index (χ0) is 24.2. The van der Waals surface area contributed by atoms with E-state index in [9.17, 15) is 27.2 Å². The highest BCUT2D eigenvalue weighted by Crippen LogP contribution is 2.18. The van der Waals surface area contributed by atoms with Gasteiger partial charge in [0.1, 0.15) is 5.82 Å². The molecule has 0 spiro atoms. The summed E-state index contributed by atoms with van der Waals surface area (Å²) in [6.07, 6.45) is 0. The van der Waals surface area contributed by atoms with E-state index in [0.29, 0.717) is 5.69 Å². The van der Waals surface area contributed by atoms with Crippen molar-refractivity contribution in [1.29, 1.82) is 0 Å². The largest absolute Gasteiger partial charge is 0.338 e. The number of likely N-dealkylation sites (N-methyl/N-ethyl adjacent to an activating group) is 1. The van der Waals surface area contributed by atoms with Gasteiger partial charge in [-0.1, -0.05) is 12.1 Å². The molecule has 0 aromatic heterocycles. The number of sulfonamides is 1. The summed E-state index contributed by atoms with van der Waals surface area (Å²) in [6, 6.07) is 11.4. The van der Waals surface area contributed by atoms with Crippen molar-refractivity contribution in [3.05, 3.63) is 59.9 Å². The van der Waals surface area contributed by atoms with Crippen molar-refractivity contribution in [3.63, 3.8) is 0 Å². The Bertz CT molecular complexity index is 1150. The number of piperazine rings is 1. The maximum absolute atomic E-state index is 13.9. The van der Waals surface area contributed by atoms with Gasteiger partial charge in [0.2, 0.25) is 21.8 Å². The third kappa shape index (κ3) is 5.74. The molecule has 33 heavy (non-hydrogen) atoms. The summed E-state index contributed by atoms with van der Waals surface area (Å²) >= 11 is 0. The van der Waals surface area contributed by atoms with Crippen LogP contribution in [0.1, 0.15) is 17.3 Å². The molecule has 1 aliphatic rings. The normalized spacial score (nSPS) is 14.3. The van der Waals surface area contributed by atoms with Gasteiger partial charge >= 0.3 is 0 Å². The summed E-state index contributed by atoms with van der Waals surface area (Å²) in [7, 11) is -2.60. The average molecular weight is 477 g/mol. The maximum Gasteiger partial charge on any atom is 0.256 e. The second-order valence-corrected chi connectivity index (χ2v) is 9.66. The van der Waals surface area contributed by atoms with Gasteiger partial charge in [0.25, 0.3) is 5.91 Å². The Kier molecular flexibility index (Phi) is 7.44. The van der Waals surface area contributed by atoms with E-state index in [1.165, 1.54) is 66.2 Å². The van der Waals surface area contributed by atoms with Crippen LogP contribution in [-0.4, -0.2) is 80.0 Å². The Morgan fingerprint density at radius 1 is 0.970 bits per heavy atom. The molecule has 3 rings (SSSR count). The van der Waals surface area contributed by atoms with Gasteiger partial charge in [-0.25, -0.2) is 12.8 Å². The van der Waals surface area contributed by atoms with E-state index >= 15 is 0 Å². The number of halogens is 1. The lowest BCUT2D eigenvalue weighted by Crippen LogP contribution is -2.52. The first-order valence-electron chi connectivity index (χ1n) is 10.2. The van der Waals surface area contributed by atoms with Crippen LogP contribution in [0.15, 0.2) is 53.4 Å².